The summed E-state index contributed by atoms with van der Waals surface area (Å²) in [5, 5.41) is 2.19. The Labute approximate surface area is 73.3 Å². The van der Waals surface area contributed by atoms with Gasteiger partial charge in [0.2, 0.25) is 0 Å². The molecule has 1 aromatic rings. The zero-order chi connectivity index (χ0) is 8.10. The fraction of sp³-hybridized carbons (Fsp3) is 0.600. The van der Waals surface area contributed by atoms with E-state index in [1.54, 1.807) is 5.56 Å². The maximum atomic E-state index is 2.26. The molecule has 11 heavy (non-hydrogen) atoms. The first-order chi connectivity index (χ1) is 5.34. The highest BCUT2D eigenvalue weighted by Gasteiger charge is 1.97. The van der Waals surface area contributed by atoms with Gasteiger partial charge in [0.25, 0.3) is 0 Å². The molecule has 0 unspecified atom stereocenters. The molecule has 1 aromatic heterocycles. The van der Waals surface area contributed by atoms with E-state index in [1.807, 2.05) is 11.3 Å². The van der Waals surface area contributed by atoms with E-state index in [9.17, 15) is 0 Å². The maximum Gasteiger partial charge on any atom is 0.00461 e. The van der Waals surface area contributed by atoms with Crippen molar-refractivity contribution in [1.82, 2.24) is 0 Å². The van der Waals surface area contributed by atoms with Crippen LogP contribution in [0.15, 0.2) is 11.4 Å². The molecule has 0 radical (unpaired) electrons. The number of hydrogen-bond acceptors (Lipinski definition) is 1. The predicted molar refractivity (Wildman–Crippen MR) is 52.3 cm³/mol. The third-order valence-electron chi connectivity index (χ3n) is 2.02. The molecule has 0 aromatic carbocycles. The molecule has 0 nitrogen and oxygen atoms in total. The first-order valence-electron chi connectivity index (χ1n) is 4.37. The monoisotopic (exact) mass is 168 g/mol. The summed E-state index contributed by atoms with van der Waals surface area (Å²) in [4.78, 5) is 1.50. The minimum atomic E-state index is 1.28. The molecule has 0 saturated heterocycles. The lowest BCUT2D eigenvalue weighted by atomic mass is 10.1. The Morgan fingerprint density at radius 2 is 2.18 bits per heavy atom. The van der Waals surface area contributed by atoms with E-state index in [0.29, 0.717) is 0 Å². The zero-order valence-corrected chi connectivity index (χ0v) is 8.21. The van der Waals surface area contributed by atoms with Crippen molar-refractivity contribution in [3.63, 3.8) is 0 Å². The molecule has 62 valence electrons. The number of rotatable bonds is 4. The average Bonchev–Trinajstić information content (AvgIpc) is 2.37. The van der Waals surface area contributed by atoms with Crippen molar-refractivity contribution in [2.45, 2.75) is 39.5 Å². The van der Waals surface area contributed by atoms with Gasteiger partial charge in [-0.2, -0.15) is 0 Å². The number of aryl methyl sites for hydroxylation is 2. The van der Waals surface area contributed by atoms with E-state index < -0.39 is 0 Å². The molecule has 0 atom stereocenters. The van der Waals surface area contributed by atoms with Crippen molar-refractivity contribution in [3.8, 4) is 0 Å². The third kappa shape index (κ3) is 2.66. The summed E-state index contributed by atoms with van der Waals surface area (Å²) >= 11 is 1.86. The van der Waals surface area contributed by atoms with Crippen LogP contribution >= 0.6 is 11.3 Å². The van der Waals surface area contributed by atoms with Crippen LogP contribution < -0.4 is 0 Å². The van der Waals surface area contributed by atoms with Crippen LogP contribution in [0, 0.1) is 6.92 Å². The Kier molecular flexibility index (Phi) is 3.64. The van der Waals surface area contributed by atoms with Crippen LogP contribution in [0.5, 0.6) is 0 Å². The first-order valence-corrected chi connectivity index (χ1v) is 5.25. The van der Waals surface area contributed by atoms with Gasteiger partial charge in [0.15, 0.2) is 0 Å². The van der Waals surface area contributed by atoms with E-state index in [2.05, 4.69) is 25.3 Å². The zero-order valence-electron chi connectivity index (χ0n) is 7.39. The maximum absolute atomic E-state index is 2.26. The average molecular weight is 168 g/mol. The Balaban J connectivity index is 2.32. The van der Waals surface area contributed by atoms with Gasteiger partial charge in [-0.3, -0.25) is 0 Å². The Bertz CT molecular complexity index is 200. The van der Waals surface area contributed by atoms with Gasteiger partial charge in [-0.15, -0.1) is 11.3 Å². The summed E-state index contributed by atoms with van der Waals surface area (Å²) in [6, 6.07) is 2.26. The third-order valence-corrected chi connectivity index (χ3v) is 2.90. The van der Waals surface area contributed by atoms with Gasteiger partial charge >= 0.3 is 0 Å². The second kappa shape index (κ2) is 4.55. The summed E-state index contributed by atoms with van der Waals surface area (Å²) < 4.78 is 0. The smallest absolute Gasteiger partial charge is 0.00461 e. The number of thiophene rings is 1. The molecular weight excluding hydrogens is 152 g/mol. The fourth-order valence-corrected chi connectivity index (χ4v) is 1.99. The van der Waals surface area contributed by atoms with Crippen LogP contribution in [0.3, 0.4) is 0 Å². The van der Waals surface area contributed by atoms with Gasteiger partial charge in [-0.25, -0.2) is 0 Å². The molecular formula is C10H16S. The first kappa shape index (κ1) is 8.79. The van der Waals surface area contributed by atoms with Crippen LogP contribution in [0.1, 0.15) is 36.6 Å². The lowest BCUT2D eigenvalue weighted by Gasteiger charge is -1.97. The molecule has 0 aliphatic rings. The second-order valence-corrected chi connectivity index (χ2v) is 4.08. The summed E-state index contributed by atoms with van der Waals surface area (Å²) in [6.45, 7) is 4.46. The molecule has 1 heterocycles. The van der Waals surface area contributed by atoms with E-state index in [0.717, 1.165) is 0 Å². The van der Waals surface area contributed by atoms with Gasteiger partial charge in [0.1, 0.15) is 0 Å². The highest BCUT2D eigenvalue weighted by atomic mass is 32.1. The summed E-state index contributed by atoms with van der Waals surface area (Å²) in [6.07, 6.45) is 5.33. The molecule has 0 saturated carbocycles. The lowest BCUT2D eigenvalue weighted by molar-refractivity contribution is 0.717. The molecule has 0 bridgehead atoms. The van der Waals surface area contributed by atoms with Gasteiger partial charge in [-0.1, -0.05) is 19.8 Å². The quantitative estimate of drug-likeness (QED) is 0.600. The minimum Gasteiger partial charge on any atom is -0.149 e. The highest BCUT2D eigenvalue weighted by molar-refractivity contribution is 7.10. The number of unbranched alkanes of at least 4 members (excludes halogenated alkanes) is 2. The van der Waals surface area contributed by atoms with Crippen molar-refractivity contribution in [3.05, 3.63) is 21.9 Å². The van der Waals surface area contributed by atoms with Crippen LogP contribution in [0.25, 0.3) is 0 Å². The minimum absolute atomic E-state index is 1.28. The van der Waals surface area contributed by atoms with Gasteiger partial charge < -0.3 is 0 Å². The molecule has 0 aliphatic carbocycles. The van der Waals surface area contributed by atoms with Crippen molar-refractivity contribution in [1.29, 1.82) is 0 Å². The molecule has 0 spiro atoms. The van der Waals surface area contributed by atoms with Crippen molar-refractivity contribution in [2.24, 2.45) is 0 Å². The van der Waals surface area contributed by atoms with Gasteiger partial charge in [0, 0.05) is 4.88 Å². The van der Waals surface area contributed by atoms with E-state index in [1.165, 1.54) is 30.6 Å². The fourth-order valence-electron chi connectivity index (χ4n) is 1.24. The van der Waals surface area contributed by atoms with Gasteiger partial charge in [0.05, 0.1) is 0 Å². The van der Waals surface area contributed by atoms with Crippen LogP contribution in [-0.2, 0) is 6.42 Å². The number of hydrogen-bond donors (Lipinski definition) is 0. The largest absolute Gasteiger partial charge is 0.149 e. The topological polar surface area (TPSA) is 0 Å². The Morgan fingerprint density at radius 3 is 2.73 bits per heavy atom. The molecule has 1 heteroatoms. The molecule has 0 amide bonds. The van der Waals surface area contributed by atoms with Crippen molar-refractivity contribution < 1.29 is 0 Å². The Hall–Kier alpha value is -0.300. The lowest BCUT2D eigenvalue weighted by Crippen LogP contribution is -1.83. The normalized spacial score (nSPS) is 10.4. The van der Waals surface area contributed by atoms with Gasteiger partial charge in [-0.05, 0) is 36.8 Å². The van der Waals surface area contributed by atoms with E-state index in [-0.39, 0.29) is 0 Å². The highest BCUT2D eigenvalue weighted by Crippen LogP contribution is 2.17. The van der Waals surface area contributed by atoms with Crippen LogP contribution in [0.2, 0.25) is 0 Å². The van der Waals surface area contributed by atoms with Crippen LogP contribution in [0.4, 0.5) is 0 Å². The summed E-state index contributed by atoms with van der Waals surface area (Å²) in [5.41, 5.74) is 1.56. The van der Waals surface area contributed by atoms with E-state index in [4.69, 9.17) is 0 Å². The Morgan fingerprint density at radius 1 is 1.36 bits per heavy atom. The van der Waals surface area contributed by atoms with Crippen molar-refractivity contribution >= 4 is 11.3 Å². The SMILES string of the molecule is CCCCCc1ccsc1C. The van der Waals surface area contributed by atoms with Crippen molar-refractivity contribution in [2.75, 3.05) is 0 Å². The predicted octanol–water partition coefficient (Wildman–Crippen LogP) is 3.79. The molecule has 1 rings (SSSR count). The second-order valence-electron chi connectivity index (χ2n) is 2.96. The molecule has 0 aliphatic heterocycles. The summed E-state index contributed by atoms with van der Waals surface area (Å²) in [5.74, 6) is 0. The van der Waals surface area contributed by atoms with E-state index >= 15 is 0 Å². The standard InChI is InChI=1S/C10H16S/c1-3-4-5-6-10-7-8-11-9(10)2/h7-8H,3-6H2,1-2H3. The summed E-state index contributed by atoms with van der Waals surface area (Å²) in [7, 11) is 0. The molecule has 0 fully saturated rings. The molecule has 0 N–H and O–H groups in total. The van der Waals surface area contributed by atoms with Crippen LogP contribution in [-0.4, -0.2) is 0 Å².